The van der Waals surface area contributed by atoms with E-state index in [0.717, 1.165) is 6.42 Å². The molecule has 2 unspecified atom stereocenters. The monoisotopic (exact) mass is 232 g/mol. The molecule has 0 aromatic heterocycles. The van der Waals surface area contributed by atoms with Crippen LogP contribution in [0.1, 0.15) is 40.0 Å². The van der Waals surface area contributed by atoms with Gasteiger partial charge in [-0.2, -0.15) is 0 Å². The van der Waals surface area contributed by atoms with Crippen LogP contribution in [0.15, 0.2) is 0 Å². The number of ether oxygens (including phenoxy) is 1. The van der Waals surface area contributed by atoms with Gasteiger partial charge in [-0.05, 0) is 30.6 Å². The summed E-state index contributed by atoms with van der Waals surface area (Å²) in [7, 11) is 0. The molecule has 1 rings (SSSR count). The molecule has 0 saturated heterocycles. The third-order valence-electron chi connectivity index (χ3n) is 3.35. The molecule has 1 aliphatic rings. The zero-order valence-electron chi connectivity index (χ0n) is 9.83. The maximum absolute atomic E-state index is 11.2. The Morgan fingerprint density at radius 2 is 2.13 bits per heavy atom. The van der Waals surface area contributed by atoms with E-state index in [1.54, 1.807) is 0 Å². The van der Waals surface area contributed by atoms with Gasteiger partial charge in [-0.1, -0.05) is 27.2 Å². The average molecular weight is 233 g/mol. The molecule has 15 heavy (non-hydrogen) atoms. The summed E-state index contributed by atoms with van der Waals surface area (Å²) in [4.78, 5) is 11.2. The largest absolute Gasteiger partial charge is 0.461 e. The number of hydrogen-bond acceptors (Lipinski definition) is 2. The highest BCUT2D eigenvalue weighted by molar-refractivity contribution is 6.26. The second-order valence-electron chi connectivity index (χ2n) is 4.99. The Hall–Kier alpha value is -0.240. The van der Waals surface area contributed by atoms with Crippen LogP contribution in [0.25, 0.3) is 0 Å². The van der Waals surface area contributed by atoms with E-state index in [2.05, 4.69) is 20.8 Å². The van der Waals surface area contributed by atoms with E-state index >= 15 is 0 Å². The van der Waals surface area contributed by atoms with Crippen molar-refractivity contribution in [1.29, 1.82) is 0 Å². The van der Waals surface area contributed by atoms with Crippen molar-refractivity contribution in [3.8, 4) is 0 Å². The third-order valence-corrected chi connectivity index (χ3v) is 3.57. The van der Waals surface area contributed by atoms with Crippen LogP contribution in [0.4, 0.5) is 0 Å². The number of carbonyl (C=O) groups is 1. The van der Waals surface area contributed by atoms with E-state index in [4.69, 9.17) is 16.3 Å². The van der Waals surface area contributed by atoms with Crippen LogP contribution >= 0.6 is 11.6 Å². The number of carbonyl (C=O) groups excluding carboxylic acids is 1. The van der Waals surface area contributed by atoms with Crippen molar-refractivity contribution < 1.29 is 9.53 Å². The Morgan fingerprint density at radius 3 is 2.67 bits per heavy atom. The lowest BCUT2D eigenvalue weighted by molar-refractivity contribution is -0.152. The lowest BCUT2D eigenvalue weighted by Crippen LogP contribution is -2.36. The van der Waals surface area contributed by atoms with E-state index in [1.165, 1.54) is 12.8 Å². The molecule has 3 heteroatoms. The Kier molecular flexibility index (Phi) is 4.91. The van der Waals surface area contributed by atoms with Gasteiger partial charge in [0.1, 0.15) is 12.0 Å². The zero-order chi connectivity index (χ0) is 11.4. The number of halogens is 1. The molecule has 0 aromatic rings. The fourth-order valence-electron chi connectivity index (χ4n) is 2.45. The normalized spacial score (nSPS) is 31.7. The molecule has 0 aromatic carbocycles. The summed E-state index contributed by atoms with van der Waals surface area (Å²) in [6, 6.07) is 0. The number of hydrogen-bond donors (Lipinski definition) is 0. The van der Waals surface area contributed by atoms with E-state index in [-0.39, 0.29) is 18.0 Å². The lowest BCUT2D eigenvalue weighted by atomic mass is 9.75. The van der Waals surface area contributed by atoms with Crippen LogP contribution in [-0.4, -0.2) is 18.0 Å². The van der Waals surface area contributed by atoms with Crippen LogP contribution in [0, 0.1) is 17.8 Å². The summed E-state index contributed by atoms with van der Waals surface area (Å²) >= 11 is 5.46. The molecule has 0 heterocycles. The maximum Gasteiger partial charge on any atom is 0.321 e. The molecule has 0 N–H and O–H groups in total. The van der Waals surface area contributed by atoms with Crippen molar-refractivity contribution in [2.45, 2.75) is 46.1 Å². The smallest absolute Gasteiger partial charge is 0.321 e. The van der Waals surface area contributed by atoms with Crippen molar-refractivity contribution in [3.63, 3.8) is 0 Å². The summed E-state index contributed by atoms with van der Waals surface area (Å²) in [6.45, 7) is 6.61. The van der Waals surface area contributed by atoms with E-state index in [1.807, 2.05) is 0 Å². The highest BCUT2D eigenvalue weighted by Crippen LogP contribution is 2.35. The summed E-state index contributed by atoms with van der Waals surface area (Å²) in [5.41, 5.74) is 0. The SMILES string of the molecule is CC(C)C1CC[C@H](C)CC1OC(=O)CCl. The van der Waals surface area contributed by atoms with Gasteiger partial charge in [0.2, 0.25) is 0 Å². The minimum atomic E-state index is -0.276. The van der Waals surface area contributed by atoms with Crippen LogP contribution in [-0.2, 0) is 9.53 Å². The minimum absolute atomic E-state index is 0.0320. The molecule has 1 saturated carbocycles. The minimum Gasteiger partial charge on any atom is -0.461 e. The predicted molar refractivity (Wildman–Crippen MR) is 61.9 cm³/mol. The summed E-state index contributed by atoms with van der Waals surface area (Å²) < 4.78 is 5.41. The molecule has 3 atom stereocenters. The Bertz CT molecular complexity index is 216. The molecule has 0 aliphatic heterocycles. The zero-order valence-corrected chi connectivity index (χ0v) is 10.6. The standard InChI is InChI=1S/C12H21ClO2/c1-8(2)10-5-4-9(3)6-11(10)15-12(14)7-13/h8-11H,4-7H2,1-3H3/t9-,10?,11?/m0/s1. The second kappa shape index (κ2) is 5.74. The van der Waals surface area contributed by atoms with Gasteiger partial charge in [0, 0.05) is 0 Å². The highest BCUT2D eigenvalue weighted by Gasteiger charge is 2.33. The molecular weight excluding hydrogens is 212 g/mol. The predicted octanol–water partition coefficient (Wildman–Crippen LogP) is 3.23. The molecule has 1 aliphatic carbocycles. The van der Waals surface area contributed by atoms with Gasteiger partial charge in [0.05, 0.1) is 0 Å². The van der Waals surface area contributed by atoms with Gasteiger partial charge in [-0.3, -0.25) is 4.79 Å². The average Bonchev–Trinajstić information content (AvgIpc) is 2.17. The van der Waals surface area contributed by atoms with Gasteiger partial charge < -0.3 is 4.74 Å². The van der Waals surface area contributed by atoms with Crippen molar-refractivity contribution in [3.05, 3.63) is 0 Å². The molecule has 88 valence electrons. The quantitative estimate of drug-likeness (QED) is 0.552. The topological polar surface area (TPSA) is 26.3 Å². The highest BCUT2D eigenvalue weighted by atomic mass is 35.5. The second-order valence-corrected chi connectivity index (χ2v) is 5.26. The molecular formula is C12H21ClO2. The fraction of sp³-hybridized carbons (Fsp3) is 0.917. The summed E-state index contributed by atoms with van der Waals surface area (Å²) in [5.74, 6) is 1.43. The molecule has 1 fully saturated rings. The van der Waals surface area contributed by atoms with Crippen molar-refractivity contribution in [2.24, 2.45) is 17.8 Å². The Balaban J connectivity index is 2.57. The van der Waals surface area contributed by atoms with Gasteiger partial charge in [0.15, 0.2) is 0 Å². The van der Waals surface area contributed by atoms with Crippen molar-refractivity contribution in [1.82, 2.24) is 0 Å². The third kappa shape index (κ3) is 3.67. The van der Waals surface area contributed by atoms with Crippen LogP contribution in [0.2, 0.25) is 0 Å². The van der Waals surface area contributed by atoms with Crippen LogP contribution < -0.4 is 0 Å². The van der Waals surface area contributed by atoms with Crippen molar-refractivity contribution in [2.75, 3.05) is 5.88 Å². The van der Waals surface area contributed by atoms with E-state index in [0.29, 0.717) is 17.8 Å². The van der Waals surface area contributed by atoms with Crippen LogP contribution in [0.5, 0.6) is 0 Å². The molecule has 0 radical (unpaired) electrons. The molecule has 0 spiro atoms. The molecule has 0 bridgehead atoms. The number of rotatable bonds is 3. The maximum atomic E-state index is 11.2. The van der Waals surface area contributed by atoms with Gasteiger partial charge in [0.25, 0.3) is 0 Å². The number of alkyl halides is 1. The number of esters is 1. The van der Waals surface area contributed by atoms with Gasteiger partial charge in [-0.15, -0.1) is 11.6 Å². The van der Waals surface area contributed by atoms with Gasteiger partial charge in [-0.25, -0.2) is 0 Å². The lowest BCUT2D eigenvalue weighted by Gasteiger charge is -2.36. The van der Waals surface area contributed by atoms with Gasteiger partial charge >= 0.3 is 5.97 Å². The van der Waals surface area contributed by atoms with Crippen molar-refractivity contribution >= 4 is 17.6 Å². The first-order valence-corrected chi connectivity index (χ1v) is 6.33. The Morgan fingerprint density at radius 1 is 1.47 bits per heavy atom. The van der Waals surface area contributed by atoms with E-state index in [9.17, 15) is 4.79 Å². The first-order chi connectivity index (χ1) is 7.04. The summed E-state index contributed by atoms with van der Waals surface area (Å²) in [5, 5.41) is 0. The van der Waals surface area contributed by atoms with E-state index < -0.39 is 0 Å². The first kappa shape index (κ1) is 12.8. The fourth-order valence-corrected chi connectivity index (χ4v) is 2.51. The summed E-state index contributed by atoms with van der Waals surface area (Å²) in [6.07, 6.45) is 3.49. The molecule has 0 amide bonds. The van der Waals surface area contributed by atoms with Crippen LogP contribution in [0.3, 0.4) is 0 Å². The first-order valence-electron chi connectivity index (χ1n) is 5.80. The molecule has 2 nitrogen and oxygen atoms in total. The Labute approximate surface area is 97.3 Å².